The lowest BCUT2D eigenvalue weighted by Gasteiger charge is -2.12. The highest BCUT2D eigenvalue weighted by atomic mass is 79.9. The van der Waals surface area contributed by atoms with Crippen LogP contribution in [0.25, 0.3) is 54.6 Å². The molecule has 1 heteroatoms. The van der Waals surface area contributed by atoms with Crippen LogP contribution in [0.15, 0.2) is 120 Å². The second-order valence-corrected chi connectivity index (χ2v) is 8.85. The summed E-state index contributed by atoms with van der Waals surface area (Å²) in [7, 11) is 0. The van der Waals surface area contributed by atoms with Gasteiger partial charge in [-0.3, -0.25) is 0 Å². The Kier molecular flexibility index (Phi) is 4.36. The van der Waals surface area contributed by atoms with E-state index in [1.54, 1.807) is 0 Å². The second-order valence-electron chi connectivity index (χ2n) is 7.94. The van der Waals surface area contributed by atoms with Gasteiger partial charge in [-0.25, -0.2) is 0 Å². The monoisotopic (exact) mass is 458 g/mol. The summed E-state index contributed by atoms with van der Waals surface area (Å²) in [4.78, 5) is 0. The molecule has 0 atom stereocenters. The molecule has 0 saturated heterocycles. The third-order valence-corrected chi connectivity index (χ3v) is 6.61. The second kappa shape index (κ2) is 7.37. The van der Waals surface area contributed by atoms with Crippen LogP contribution >= 0.6 is 15.9 Å². The van der Waals surface area contributed by atoms with Gasteiger partial charge in [-0.2, -0.15) is 0 Å². The first-order valence-electron chi connectivity index (χ1n) is 10.5. The molecule has 0 aliphatic rings. The predicted molar refractivity (Wildman–Crippen MR) is 138 cm³/mol. The van der Waals surface area contributed by atoms with Crippen molar-refractivity contribution >= 4 is 48.2 Å². The molecule has 0 saturated carbocycles. The molecular formula is C30H19Br. The van der Waals surface area contributed by atoms with Gasteiger partial charge < -0.3 is 0 Å². The molecular weight excluding hydrogens is 440 g/mol. The number of fused-ring (bicyclic) bond motifs is 6. The summed E-state index contributed by atoms with van der Waals surface area (Å²) in [6.07, 6.45) is 0. The standard InChI is InChI=1S/C30H19Br/c31-24-7-5-6-22(18-24)20-12-14-21(15-13-20)23-16-17-29-27-10-2-1-8-25(27)26-9-3-4-11-28(26)30(29)19-23/h1-19H. The van der Waals surface area contributed by atoms with Gasteiger partial charge in [-0.1, -0.05) is 113 Å². The van der Waals surface area contributed by atoms with Crippen LogP contribution in [0.2, 0.25) is 0 Å². The summed E-state index contributed by atoms with van der Waals surface area (Å²) < 4.78 is 1.10. The topological polar surface area (TPSA) is 0 Å². The van der Waals surface area contributed by atoms with E-state index in [9.17, 15) is 0 Å². The van der Waals surface area contributed by atoms with Gasteiger partial charge in [-0.05, 0) is 72.8 Å². The maximum atomic E-state index is 3.57. The highest BCUT2D eigenvalue weighted by molar-refractivity contribution is 9.10. The van der Waals surface area contributed by atoms with Crippen LogP contribution in [0.4, 0.5) is 0 Å². The first kappa shape index (κ1) is 18.4. The summed E-state index contributed by atoms with van der Waals surface area (Å²) in [6, 6.07) is 41.6. The lowest BCUT2D eigenvalue weighted by atomic mass is 9.92. The van der Waals surface area contributed by atoms with Gasteiger partial charge in [0.25, 0.3) is 0 Å². The summed E-state index contributed by atoms with van der Waals surface area (Å²) in [6.45, 7) is 0. The van der Waals surface area contributed by atoms with Gasteiger partial charge in [0.1, 0.15) is 0 Å². The number of benzene rings is 6. The van der Waals surface area contributed by atoms with Crippen LogP contribution < -0.4 is 0 Å². The Hall–Kier alpha value is -3.42. The third kappa shape index (κ3) is 3.13. The SMILES string of the molecule is Brc1cccc(-c2ccc(-c3ccc4c5ccccc5c5ccccc5c4c3)cc2)c1. The van der Waals surface area contributed by atoms with Crippen LogP contribution in [0.5, 0.6) is 0 Å². The quantitative estimate of drug-likeness (QED) is 0.226. The molecule has 31 heavy (non-hydrogen) atoms. The molecule has 6 rings (SSSR count). The molecule has 146 valence electrons. The van der Waals surface area contributed by atoms with Gasteiger partial charge in [-0.15, -0.1) is 0 Å². The molecule has 0 aliphatic heterocycles. The highest BCUT2D eigenvalue weighted by Crippen LogP contribution is 2.37. The van der Waals surface area contributed by atoms with Crippen molar-refractivity contribution in [1.82, 2.24) is 0 Å². The maximum absolute atomic E-state index is 3.57. The van der Waals surface area contributed by atoms with Crippen LogP contribution in [0.1, 0.15) is 0 Å². The number of hydrogen-bond donors (Lipinski definition) is 0. The maximum Gasteiger partial charge on any atom is 0.0181 e. The molecule has 0 aromatic heterocycles. The molecule has 0 bridgehead atoms. The first-order chi connectivity index (χ1) is 15.3. The van der Waals surface area contributed by atoms with Crippen molar-refractivity contribution in [3.63, 3.8) is 0 Å². The largest absolute Gasteiger partial charge is 0.0616 e. The fraction of sp³-hybridized carbons (Fsp3) is 0. The van der Waals surface area contributed by atoms with Crippen LogP contribution in [-0.2, 0) is 0 Å². The number of hydrogen-bond acceptors (Lipinski definition) is 0. The molecule has 0 nitrogen and oxygen atoms in total. The van der Waals surface area contributed by atoms with Crippen LogP contribution in [0.3, 0.4) is 0 Å². The smallest absolute Gasteiger partial charge is 0.0181 e. The minimum Gasteiger partial charge on any atom is -0.0616 e. The van der Waals surface area contributed by atoms with Gasteiger partial charge in [0.15, 0.2) is 0 Å². The highest BCUT2D eigenvalue weighted by Gasteiger charge is 2.09. The van der Waals surface area contributed by atoms with Gasteiger partial charge in [0.2, 0.25) is 0 Å². The minimum absolute atomic E-state index is 1.10. The zero-order valence-electron chi connectivity index (χ0n) is 16.8. The van der Waals surface area contributed by atoms with E-state index in [1.165, 1.54) is 54.6 Å². The Labute approximate surface area is 189 Å². The molecule has 0 radical (unpaired) electrons. The average Bonchev–Trinajstić information content (AvgIpc) is 2.84. The Balaban J connectivity index is 1.53. The summed E-state index contributed by atoms with van der Waals surface area (Å²) >= 11 is 3.57. The van der Waals surface area contributed by atoms with Gasteiger partial charge >= 0.3 is 0 Å². The molecule has 6 aromatic rings. The minimum atomic E-state index is 1.10. The Bertz CT molecular complexity index is 1540. The molecule has 0 spiro atoms. The van der Waals surface area contributed by atoms with E-state index in [-0.39, 0.29) is 0 Å². The lowest BCUT2D eigenvalue weighted by Crippen LogP contribution is -1.85. The van der Waals surface area contributed by atoms with Gasteiger partial charge in [0, 0.05) is 4.47 Å². The molecule has 0 N–H and O–H groups in total. The Morgan fingerprint density at radius 1 is 0.323 bits per heavy atom. The third-order valence-electron chi connectivity index (χ3n) is 6.12. The Morgan fingerprint density at radius 2 is 0.774 bits per heavy atom. The van der Waals surface area contributed by atoms with Crippen LogP contribution in [0, 0.1) is 0 Å². The van der Waals surface area contributed by atoms with Gasteiger partial charge in [0.05, 0.1) is 0 Å². The van der Waals surface area contributed by atoms with E-state index in [1.807, 2.05) is 0 Å². The first-order valence-corrected chi connectivity index (χ1v) is 11.3. The van der Waals surface area contributed by atoms with Crippen molar-refractivity contribution in [2.45, 2.75) is 0 Å². The van der Waals surface area contributed by atoms with Crippen LogP contribution in [-0.4, -0.2) is 0 Å². The van der Waals surface area contributed by atoms with E-state index < -0.39 is 0 Å². The normalized spacial score (nSPS) is 11.4. The number of rotatable bonds is 2. The van der Waals surface area contributed by atoms with Crippen molar-refractivity contribution in [2.24, 2.45) is 0 Å². The van der Waals surface area contributed by atoms with E-state index in [0.717, 1.165) is 4.47 Å². The van der Waals surface area contributed by atoms with Crippen molar-refractivity contribution in [1.29, 1.82) is 0 Å². The fourth-order valence-corrected chi connectivity index (χ4v) is 5.01. The molecule has 6 aromatic carbocycles. The van der Waals surface area contributed by atoms with E-state index in [4.69, 9.17) is 0 Å². The summed E-state index contributed by atoms with van der Waals surface area (Å²) in [5.74, 6) is 0. The average molecular weight is 459 g/mol. The molecule has 0 unspecified atom stereocenters. The fourth-order valence-electron chi connectivity index (χ4n) is 4.61. The van der Waals surface area contributed by atoms with Crippen molar-refractivity contribution in [3.8, 4) is 22.3 Å². The number of halogens is 1. The van der Waals surface area contributed by atoms with Crippen molar-refractivity contribution in [3.05, 3.63) is 120 Å². The zero-order valence-corrected chi connectivity index (χ0v) is 18.4. The van der Waals surface area contributed by atoms with E-state index in [0.29, 0.717) is 0 Å². The van der Waals surface area contributed by atoms with E-state index in [2.05, 4.69) is 131 Å². The predicted octanol–water partition coefficient (Wildman–Crippen LogP) is 9.24. The molecule has 0 fully saturated rings. The molecule has 0 heterocycles. The summed E-state index contributed by atoms with van der Waals surface area (Å²) in [5, 5.41) is 7.87. The zero-order chi connectivity index (χ0) is 20.8. The lowest BCUT2D eigenvalue weighted by molar-refractivity contribution is 1.58. The summed E-state index contributed by atoms with van der Waals surface area (Å²) in [5.41, 5.74) is 4.92. The Morgan fingerprint density at radius 3 is 1.32 bits per heavy atom. The van der Waals surface area contributed by atoms with E-state index >= 15 is 0 Å². The molecule has 0 aliphatic carbocycles. The van der Waals surface area contributed by atoms with Crippen molar-refractivity contribution in [2.75, 3.05) is 0 Å². The molecule has 0 amide bonds. The van der Waals surface area contributed by atoms with Crippen molar-refractivity contribution < 1.29 is 0 Å².